The van der Waals surface area contributed by atoms with E-state index in [-0.39, 0.29) is 0 Å². The maximum Gasteiger partial charge on any atom is 0.0432 e. The molecule has 3 aromatic carbocycles. The van der Waals surface area contributed by atoms with Crippen LogP contribution in [-0.2, 0) is 6.42 Å². The molecular formula is C28H37N. The SMILES string of the molecule is CCCCCCCCCCCCc1cc2ccccc2c(-c2ccccc2)c1N. The molecule has 0 amide bonds. The summed E-state index contributed by atoms with van der Waals surface area (Å²) in [7, 11) is 0. The highest BCUT2D eigenvalue weighted by atomic mass is 14.6. The fraction of sp³-hybridized carbons (Fsp3) is 0.429. The van der Waals surface area contributed by atoms with Gasteiger partial charge in [-0.25, -0.2) is 0 Å². The molecule has 0 aliphatic rings. The Morgan fingerprint density at radius 2 is 1.24 bits per heavy atom. The van der Waals surface area contributed by atoms with Crippen molar-refractivity contribution in [3.63, 3.8) is 0 Å². The minimum atomic E-state index is 0.964. The van der Waals surface area contributed by atoms with Crippen molar-refractivity contribution in [2.24, 2.45) is 0 Å². The van der Waals surface area contributed by atoms with Crippen LogP contribution in [0.4, 0.5) is 5.69 Å². The molecule has 3 aromatic rings. The van der Waals surface area contributed by atoms with Crippen molar-refractivity contribution in [3.8, 4) is 11.1 Å². The van der Waals surface area contributed by atoms with E-state index in [1.165, 1.54) is 91.7 Å². The zero-order valence-electron chi connectivity index (χ0n) is 18.1. The molecule has 0 radical (unpaired) electrons. The van der Waals surface area contributed by atoms with Crippen LogP contribution in [-0.4, -0.2) is 0 Å². The number of nitrogen functional groups attached to an aromatic ring is 1. The van der Waals surface area contributed by atoms with Crippen molar-refractivity contribution >= 4 is 16.5 Å². The zero-order chi connectivity index (χ0) is 20.3. The molecular weight excluding hydrogens is 350 g/mol. The number of anilines is 1. The van der Waals surface area contributed by atoms with Gasteiger partial charge in [-0.3, -0.25) is 0 Å². The summed E-state index contributed by atoms with van der Waals surface area (Å²) in [6.07, 6.45) is 14.7. The maximum absolute atomic E-state index is 6.70. The van der Waals surface area contributed by atoms with E-state index in [0.29, 0.717) is 0 Å². The quantitative estimate of drug-likeness (QED) is 0.244. The van der Waals surface area contributed by atoms with Crippen LogP contribution in [0.1, 0.15) is 76.7 Å². The molecule has 0 atom stereocenters. The average Bonchev–Trinajstić information content (AvgIpc) is 2.76. The molecule has 0 saturated carbocycles. The molecule has 0 aliphatic carbocycles. The Kier molecular flexibility index (Phi) is 8.61. The Morgan fingerprint density at radius 3 is 1.93 bits per heavy atom. The second-order valence-corrected chi connectivity index (χ2v) is 8.34. The molecule has 1 nitrogen and oxygen atoms in total. The van der Waals surface area contributed by atoms with Crippen molar-refractivity contribution in [2.45, 2.75) is 77.6 Å². The normalized spacial score (nSPS) is 11.2. The molecule has 0 bridgehead atoms. The van der Waals surface area contributed by atoms with E-state index in [0.717, 1.165) is 12.1 Å². The minimum absolute atomic E-state index is 0.964. The Hall–Kier alpha value is -2.28. The molecule has 29 heavy (non-hydrogen) atoms. The number of benzene rings is 3. The lowest BCUT2D eigenvalue weighted by atomic mass is 9.91. The van der Waals surface area contributed by atoms with Gasteiger partial charge in [-0.15, -0.1) is 0 Å². The van der Waals surface area contributed by atoms with Gasteiger partial charge in [0.15, 0.2) is 0 Å². The number of hydrogen-bond donors (Lipinski definition) is 1. The highest BCUT2D eigenvalue weighted by Gasteiger charge is 2.12. The van der Waals surface area contributed by atoms with Crippen LogP contribution in [0.25, 0.3) is 21.9 Å². The molecule has 0 saturated heterocycles. The summed E-state index contributed by atoms with van der Waals surface area (Å²) in [5, 5.41) is 2.55. The van der Waals surface area contributed by atoms with Crippen LogP contribution in [0.5, 0.6) is 0 Å². The summed E-state index contributed by atoms with van der Waals surface area (Å²) < 4.78 is 0. The third-order valence-corrected chi connectivity index (χ3v) is 6.04. The first kappa shape index (κ1) is 21.4. The fourth-order valence-corrected chi connectivity index (χ4v) is 4.35. The summed E-state index contributed by atoms with van der Waals surface area (Å²) in [5.41, 5.74) is 11.4. The molecule has 0 aromatic heterocycles. The van der Waals surface area contributed by atoms with Gasteiger partial charge in [0.1, 0.15) is 0 Å². The molecule has 0 spiro atoms. The van der Waals surface area contributed by atoms with Gasteiger partial charge in [0, 0.05) is 11.3 Å². The van der Waals surface area contributed by atoms with E-state index in [1.54, 1.807) is 0 Å². The van der Waals surface area contributed by atoms with Gasteiger partial charge in [0.25, 0.3) is 0 Å². The van der Waals surface area contributed by atoms with Crippen LogP contribution in [0.2, 0.25) is 0 Å². The Balaban J connectivity index is 1.58. The summed E-state index contributed by atoms with van der Waals surface area (Å²) >= 11 is 0. The smallest absolute Gasteiger partial charge is 0.0432 e. The standard InChI is InChI=1S/C28H37N/c1-2-3-4-5-6-7-8-9-10-12-20-25-22-24-19-15-16-21-26(24)27(28(25)29)23-17-13-11-14-18-23/h11,13-19,21-22H,2-10,12,20,29H2,1H3. The average molecular weight is 388 g/mol. The van der Waals surface area contributed by atoms with E-state index in [9.17, 15) is 0 Å². The van der Waals surface area contributed by atoms with Crippen molar-refractivity contribution < 1.29 is 0 Å². The fourth-order valence-electron chi connectivity index (χ4n) is 4.35. The first-order valence-corrected chi connectivity index (χ1v) is 11.7. The van der Waals surface area contributed by atoms with Gasteiger partial charge in [0.2, 0.25) is 0 Å². The lowest BCUT2D eigenvalue weighted by Crippen LogP contribution is -1.99. The molecule has 0 aliphatic heterocycles. The minimum Gasteiger partial charge on any atom is -0.398 e. The van der Waals surface area contributed by atoms with Crippen LogP contribution in [0, 0.1) is 0 Å². The Bertz CT molecular complexity index is 866. The van der Waals surface area contributed by atoms with Crippen molar-refractivity contribution in [3.05, 3.63) is 66.2 Å². The van der Waals surface area contributed by atoms with Crippen molar-refractivity contribution in [1.82, 2.24) is 0 Å². The highest BCUT2D eigenvalue weighted by Crippen LogP contribution is 2.37. The van der Waals surface area contributed by atoms with E-state index in [1.807, 2.05) is 0 Å². The molecule has 3 rings (SSSR count). The predicted molar refractivity (Wildman–Crippen MR) is 129 cm³/mol. The van der Waals surface area contributed by atoms with Crippen LogP contribution >= 0.6 is 0 Å². The van der Waals surface area contributed by atoms with Gasteiger partial charge in [-0.1, -0.05) is 119 Å². The molecule has 2 N–H and O–H groups in total. The first-order valence-electron chi connectivity index (χ1n) is 11.7. The van der Waals surface area contributed by atoms with Gasteiger partial charge in [-0.2, -0.15) is 0 Å². The van der Waals surface area contributed by atoms with Gasteiger partial charge >= 0.3 is 0 Å². The lowest BCUT2D eigenvalue weighted by molar-refractivity contribution is 0.556. The molecule has 0 unspecified atom stereocenters. The summed E-state index contributed by atoms with van der Waals surface area (Å²) in [5.74, 6) is 0. The topological polar surface area (TPSA) is 26.0 Å². The lowest BCUT2D eigenvalue weighted by Gasteiger charge is -2.15. The third kappa shape index (κ3) is 6.10. The molecule has 154 valence electrons. The van der Waals surface area contributed by atoms with Crippen molar-refractivity contribution in [1.29, 1.82) is 0 Å². The van der Waals surface area contributed by atoms with E-state index < -0.39 is 0 Å². The second-order valence-electron chi connectivity index (χ2n) is 8.34. The van der Waals surface area contributed by atoms with Crippen molar-refractivity contribution in [2.75, 3.05) is 5.73 Å². The zero-order valence-corrected chi connectivity index (χ0v) is 18.1. The summed E-state index contributed by atoms with van der Waals surface area (Å²) in [6, 6.07) is 21.5. The maximum atomic E-state index is 6.70. The Labute approximate surface area is 177 Å². The first-order chi connectivity index (χ1) is 14.3. The monoisotopic (exact) mass is 387 g/mol. The number of nitrogens with two attached hydrogens (primary N) is 1. The Morgan fingerprint density at radius 1 is 0.655 bits per heavy atom. The number of unbranched alkanes of at least 4 members (excludes halogenated alkanes) is 9. The highest BCUT2D eigenvalue weighted by molar-refractivity contribution is 6.03. The van der Waals surface area contributed by atoms with Crippen LogP contribution in [0.3, 0.4) is 0 Å². The van der Waals surface area contributed by atoms with Crippen LogP contribution in [0.15, 0.2) is 60.7 Å². The largest absolute Gasteiger partial charge is 0.398 e. The number of aryl methyl sites for hydroxylation is 1. The van der Waals surface area contributed by atoms with E-state index in [2.05, 4.69) is 67.6 Å². The molecule has 0 fully saturated rings. The van der Waals surface area contributed by atoms with Gasteiger partial charge in [-0.05, 0) is 40.8 Å². The summed E-state index contributed by atoms with van der Waals surface area (Å²) in [4.78, 5) is 0. The van der Waals surface area contributed by atoms with E-state index >= 15 is 0 Å². The molecule has 1 heteroatoms. The summed E-state index contributed by atoms with van der Waals surface area (Å²) in [6.45, 7) is 2.28. The third-order valence-electron chi connectivity index (χ3n) is 6.04. The number of hydrogen-bond acceptors (Lipinski definition) is 1. The van der Waals surface area contributed by atoms with Crippen LogP contribution < -0.4 is 5.73 Å². The number of rotatable bonds is 12. The predicted octanol–water partition coefficient (Wildman–Crippen LogP) is 8.55. The second kappa shape index (κ2) is 11.7. The van der Waals surface area contributed by atoms with Gasteiger partial charge < -0.3 is 5.73 Å². The number of fused-ring (bicyclic) bond motifs is 1. The van der Waals surface area contributed by atoms with E-state index in [4.69, 9.17) is 5.73 Å². The van der Waals surface area contributed by atoms with Gasteiger partial charge in [0.05, 0.1) is 0 Å². The molecule has 0 heterocycles.